The molecule has 134 valence electrons. The Bertz CT molecular complexity index is 953. The minimum atomic E-state index is 0.100. The van der Waals surface area contributed by atoms with Gasteiger partial charge >= 0.3 is 0 Å². The molecule has 3 heterocycles. The van der Waals surface area contributed by atoms with Gasteiger partial charge < -0.3 is 4.90 Å². The Kier molecular flexibility index (Phi) is 4.23. The van der Waals surface area contributed by atoms with Crippen LogP contribution in [0.25, 0.3) is 11.0 Å². The summed E-state index contributed by atoms with van der Waals surface area (Å²) >= 11 is 0. The van der Waals surface area contributed by atoms with Crippen molar-refractivity contribution >= 4 is 16.9 Å². The molecule has 1 aliphatic heterocycles. The number of likely N-dealkylation sites (tertiary alicyclic amines) is 1. The number of nitrogens with zero attached hydrogens (tertiary/aromatic N) is 4. The summed E-state index contributed by atoms with van der Waals surface area (Å²) in [6, 6.07) is 12.5. The molecular weight excluding hydrogens is 324 g/mol. The first-order valence-electron chi connectivity index (χ1n) is 9.20. The molecule has 5 heteroatoms. The summed E-state index contributed by atoms with van der Waals surface area (Å²) in [7, 11) is 1.88. The predicted molar refractivity (Wildman–Crippen MR) is 102 cm³/mol. The predicted octanol–water partition coefficient (Wildman–Crippen LogP) is 3.60. The lowest BCUT2D eigenvalue weighted by Crippen LogP contribution is -2.38. The van der Waals surface area contributed by atoms with E-state index in [1.807, 2.05) is 31.9 Å². The van der Waals surface area contributed by atoms with Crippen LogP contribution >= 0.6 is 0 Å². The molecule has 26 heavy (non-hydrogen) atoms. The summed E-state index contributed by atoms with van der Waals surface area (Å²) in [5, 5.41) is 5.34. The third kappa shape index (κ3) is 2.87. The summed E-state index contributed by atoms with van der Waals surface area (Å²) < 4.78 is 1.76. The Morgan fingerprint density at radius 2 is 1.81 bits per heavy atom. The summed E-state index contributed by atoms with van der Waals surface area (Å²) in [4.78, 5) is 19.8. The molecule has 0 saturated carbocycles. The van der Waals surface area contributed by atoms with Crippen LogP contribution in [0.1, 0.15) is 46.1 Å². The third-order valence-corrected chi connectivity index (χ3v) is 5.38. The van der Waals surface area contributed by atoms with E-state index in [1.54, 1.807) is 4.68 Å². The average Bonchev–Trinajstić information content (AvgIpc) is 2.95. The Balaban J connectivity index is 1.59. The lowest BCUT2D eigenvalue weighted by atomic mass is 9.89. The molecule has 1 aliphatic rings. The van der Waals surface area contributed by atoms with Crippen molar-refractivity contribution < 1.29 is 4.79 Å². The maximum atomic E-state index is 13.2. The number of amides is 1. The van der Waals surface area contributed by atoms with Gasteiger partial charge in [0.15, 0.2) is 5.65 Å². The molecule has 0 spiro atoms. The van der Waals surface area contributed by atoms with Gasteiger partial charge in [-0.2, -0.15) is 5.10 Å². The molecule has 1 fully saturated rings. The molecule has 5 nitrogen and oxygen atoms in total. The van der Waals surface area contributed by atoms with Crippen LogP contribution in [0.3, 0.4) is 0 Å². The van der Waals surface area contributed by atoms with Crippen molar-refractivity contribution in [1.82, 2.24) is 19.7 Å². The molecule has 1 aromatic carbocycles. The van der Waals surface area contributed by atoms with Gasteiger partial charge in [0, 0.05) is 25.8 Å². The maximum Gasteiger partial charge on any atom is 0.254 e. The number of benzene rings is 1. The molecule has 0 radical (unpaired) electrons. The molecular formula is C21H24N4O. The van der Waals surface area contributed by atoms with E-state index in [9.17, 15) is 4.79 Å². The molecule has 0 N–H and O–H groups in total. The zero-order chi connectivity index (χ0) is 18.3. The average molecular weight is 348 g/mol. The highest BCUT2D eigenvalue weighted by Crippen LogP contribution is 2.30. The topological polar surface area (TPSA) is 51.0 Å². The second-order valence-corrected chi connectivity index (χ2v) is 7.20. The molecule has 0 unspecified atom stereocenters. The van der Waals surface area contributed by atoms with Crippen LogP contribution in [0, 0.1) is 13.8 Å². The molecule has 1 amide bonds. The van der Waals surface area contributed by atoms with Crippen molar-refractivity contribution in [2.24, 2.45) is 7.05 Å². The van der Waals surface area contributed by atoms with E-state index in [0.717, 1.165) is 53.9 Å². The Labute approximate surface area is 153 Å². The monoisotopic (exact) mass is 348 g/mol. The van der Waals surface area contributed by atoms with Crippen LogP contribution in [-0.2, 0) is 7.05 Å². The van der Waals surface area contributed by atoms with Crippen LogP contribution < -0.4 is 0 Å². The number of piperidine rings is 1. The van der Waals surface area contributed by atoms with Crippen LogP contribution in [0.2, 0.25) is 0 Å². The van der Waals surface area contributed by atoms with Crippen molar-refractivity contribution in [3.05, 3.63) is 58.9 Å². The van der Waals surface area contributed by atoms with Crippen LogP contribution in [0.4, 0.5) is 0 Å². The van der Waals surface area contributed by atoms with Crippen molar-refractivity contribution in [2.45, 2.75) is 32.6 Å². The van der Waals surface area contributed by atoms with E-state index in [-0.39, 0.29) is 5.91 Å². The van der Waals surface area contributed by atoms with Crippen molar-refractivity contribution in [3.8, 4) is 0 Å². The smallest absolute Gasteiger partial charge is 0.254 e. The Morgan fingerprint density at radius 1 is 1.12 bits per heavy atom. The lowest BCUT2D eigenvalue weighted by Gasteiger charge is -2.32. The van der Waals surface area contributed by atoms with E-state index in [4.69, 9.17) is 0 Å². The summed E-state index contributed by atoms with van der Waals surface area (Å²) in [6.07, 6.45) is 2.02. The number of pyridine rings is 1. The van der Waals surface area contributed by atoms with Gasteiger partial charge in [0.2, 0.25) is 0 Å². The van der Waals surface area contributed by atoms with Gasteiger partial charge in [0.05, 0.1) is 16.6 Å². The number of hydrogen-bond donors (Lipinski definition) is 0. The number of hydrogen-bond acceptors (Lipinski definition) is 3. The second-order valence-electron chi connectivity index (χ2n) is 7.20. The van der Waals surface area contributed by atoms with Gasteiger partial charge in [-0.1, -0.05) is 30.3 Å². The first-order chi connectivity index (χ1) is 12.5. The first kappa shape index (κ1) is 16.8. The van der Waals surface area contributed by atoms with Gasteiger partial charge in [0.25, 0.3) is 5.91 Å². The fourth-order valence-electron chi connectivity index (χ4n) is 4.05. The number of rotatable bonds is 2. The van der Waals surface area contributed by atoms with E-state index >= 15 is 0 Å². The van der Waals surface area contributed by atoms with Gasteiger partial charge in [0.1, 0.15) is 0 Å². The minimum Gasteiger partial charge on any atom is -0.339 e. The number of carbonyl (C=O) groups is 1. The normalized spacial score (nSPS) is 15.6. The summed E-state index contributed by atoms with van der Waals surface area (Å²) in [5.41, 5.74) is 4.60. The SMILES string of the molecule is Cc1cc(C(=O)N2CCC(c3ccccc3)CC2)c2c(C)nn(C)c2n1. The zero-order valence-corrected chi connectivity index (χ0v) is 15.6. The highest BCUT2D eigenvalue weighted by atomic mass is 16.2. The lowest BCUT2D eigenvalue weighted by molar-refractivity contribution is 0.0715. The van der Waals surface area contributed by atoms with E-state index < -0.39 is 0 Å². The largest absolute Gasteiger partial charge is 0.339 e. The highest BCUT2D eigenvalue weighted by molar-refractivity contribution is 6.06. The minimum absolute atomic E-state index is 0.100. The maximum absolute atomic E-state index is 13.2. The second kappa shape index (κ2) is 6.56. The van der Waals surface area contributed by atoms with Crippen LogP contribution in [0.5, 0.6) is 0 Å². The van der Waals surface area contributed by atoms with E-state index in [0.29, 0.717) is 5.92 Å². The van der Waals surface area contributed by atoms with Crippen molar-refractivity contribution in [1.29, 1.82) is 0 Å². The van der Waals surface area contributed by atoms with E-state index in [2.05, 4.69) is 40.4 Å². The summed E-state index contributed by atoms with van der Waals surface area (Å²) in [6.45, 7) is 5.46. The standard InChI is InChI=1S/C21H24N4O/c1-14-13-18(19-15(2)23-24(3)20(19)22-14)21(26)25-11-9-17(10-12-25)16-7-5-4-6-8-16/h4-8,13,17H,9-12H2,1-3H3. The van der Waals surface area contributed by atoms with Gasteiger partial charge in [-0.25, -0.2) is 4.98 Å². The first-order valence-corrected chi connectivity index (χ1v) is 9.20. The fraction of sp³-hybridized carbons (Fsp3) is 0.381. The third-order valence-electron chi connectivity index (χ3n) is 5.38. The number of fused-ring (bicyclic) bond motifs is 1. The number of aromatic nitrogens is 3. The Hall–Kier alpha value is -2.69. The molecule has 2 aromatic heterocycles. The van der Waals surface area contributed by atoms with Crippen molar-refractivity contribution in [3.63, 3.8) is 0 Å². The fourth-order valence-corrected chi connectivity index (χ4v) is 4.05. The molecule has 4 rings (SSSR count). The highest BCUT2D eigenvalue weighted by Gasteiger charge is 2.27. The number of aryl methyl sites for hydroxylation is 3. The zero-order valence-electron chi connectivity index (χ0n) is 15.6. The van der Waals surface area contributed by atoms with Gasteiger partial charge in [-0.05, 0) is 44.2 Å². The van der Waals surface area contributed by atoms with Crippen LogP contribution in [-0.4, -0.2) is 38.7 Å². The Morgan fingerprint density at radius 3 is 2.50 bits per heavy atom. The molecule has 0 aliphatic carbocycles. The summed E-state index contributed by atoms with van der Waals surface area (Å²) in [5.74, 6) is 0.641. The van der Waals surface area contributed by atoms with Crippen LogP contribution in [0.15, 0.2) is 36.4 Å². The number of carbonyl (C=O) groups excluding carboxylic acids is 1. The quantitative estimate of drug-likeness (QED) is 0.711. The van der Waals surface area contributed by atoms with Gasteiger partial charge in [-0.15, -0.1) is 0 Å². The molecule has 1 saturated heterocycles. The molecule has 0 atom stereocenters. The van der Waals surface area contributed by atoms with Crippen molar-refractivity contribution in [2.75, 3.05) is 13.1 Å². The molecule has 0 bridgehead atoms. The van der Waals surface area contributed by atoms with Gasteiger partial charge in [-0.3, -0.25) is 9.48 Å². The molecule has 3 aromatic rings. The van der Waals surface area contributed by atoms with E-state index in [1.165, 1.54) is 5.56 Å².